The molecule has 1 fully saturated rings. The second-order valence-corrected chi connectivity index (χ2v) is 4.84. The predicted octanol–water partition coefficient (Wildman–Crippen LogP) is 2.22. The largest absolute Gasteiger partial charge is 0.504 e. The minimum atomic E-state index is -0.726. The van der Waals surface area contributed by atoms with Crippen molar-refractivity contribution < 1.29 is 19.7 Å². The molecular weight excluding hydrogens is 220 g/mol. The number of carbonyl (C=O) groups excluding carboxylic acids is 1. The van der Waals surface area contributed by atoms with Gasteiger partial charge >= 0.3 is 5.97 Å². The Hall–Kier alpha value is -1.71. The van der Waals surface area contributed by atoms with Crippen molar-refractivity contribution >= 4 is 5.97 Å². The van der Waals surface area contributed by atoms with Crippen LogP contribution in [0.15, 0.2) is 12.1 Å². The van der Waals surface area contributed by atoms with Gasteiger partial charge in [-0.05, 0) is 25.0 Å². The summed E-state index contributed by atoms with van der Waals surface area (Å²) in [7, 11) is 0. The summed E-state index contributed by atoms with van der Waals surface area (Å²) in [5, 5.41) is 19.5. The van der Waals surface area contributed by atoms with E-state index < -0.39 is 5.41 Å². The second kappa shape index (κ2) is 3.39. The Kier molecular flexibility index (Phi) is 2.08. The van der Waals surface area contributed by atoms with Crippen molar-refractivity contribution in [2.24, 2.45) is 0 Å². The van der Waals surface area contributed by atoms with Crippen molar-refractivity contribution in [1.29, 1.82) is 0 Å². The van der Waals surface area contributed by atoms with Crippen LogP contribution in [0.3, 0.4) is 0 Å². The quantitative estimate of drug-likeness (QED) is 0.410. The maximum atomic E-state index is 12.1. The molecule has 1 aromatic rings. The second-order valence-electron chi connectivity index (χ2n) is 4.84. The molecule has 4 nitrogen and oxygen atoms in total. The first kappa shape index (κ1) is 10.4. The third kappa shape index (κ3) is 1.27. The van der Waals surface area contributed by atoms with Crippen LogP contribution in [0, 0.1) is 0 Å². The molecule has 17 heavy (non-hydrogen) atoms. The van der Waals surface area contributed by atoms with Crippen molar-refractivity contribution in [3.05, 3.63) is 17.7 Å². The third-order valence-electron chi connectivity index (χ3n) is 3.90. The van der Waals surface area contributed by atoms with E-state index >= 15 is 0 Å². The summed E-state index contributed by atoms with van der Waals surface area (Å²) < 4.78 is 5.23. The van der Waals surface area contributed by atoms with E-state index in [1.807, 2.05) is 0 Å². The van der Waals surface area contributed by atoms with E-state index in [9.17, 15) is 15.0 Å². The molecule has 1 spiro atoms. The standard InChI is InChI=1S/C13H14O4/c14-8-4-5-9-10(11(8)15)13(12(16)17-9)6-2-1-3-7-13/h4-5,14-15H,1-3,6-7H2. The molecule has 0 radical (unpaired) electrons. The summed E-state index contributed by atoms with van der Waals surface area (Å²) in [5.74, 6) is -0.275. The molecule has 0 unspecified atom stereocenters. The smallest absolute Gasteiger partial charge is 0.322 e. The predicted molar refractivity (Wildman–Crippen MR) is 60.2 cm³/mol. The number of fused-ring (bicyclic) bond motifs is 2. The van der Waals surface area contributed by atoms with Gasteiger partial charge in [-0.1, -0.05) is 19.3 Å². The van der Waals surface area contributed by atoms with Crippen LogP contribution in [0.1, 0.15) is 37.7 Å². The first-order valence-corrected chi connectivity index (χ1v) is 5.93. The Morgan fingerprint density at radius 1 is 1.12 bits per heavy atom. The molecule has 90 valence electrons. The summed E-state index contributed by atoms with van der Waals surface area (Å²) in [6.45, 7) is 0. The number of esters is 1. The lowest BCUT2D eigenvalue weighted by Gasteiger charge is -2.30. The molecule has 4 heteroatoms. The molecule has 0 amide bonds. The Morgan fingerprint density at radius 2 is 1.82 bits per heavy atom. The van der Waals surface area contributed by atoms with Crippen molar-refractivity contribution in [2.45, 2.75) is 37.5 Å². The van der Waals surface area contributed by atoms with Gasteiger partial charge in [-0.15, -0.1) is 0 Å². The monoisotopic (exact) mass is 234 g/mol. The zero-order valence-corrected chi connectivity index (χ0v) is 9.40. The molecular formula is C13H14O4. The van der Waals surface area contributed by atoms with Gasteiger partial charge in [-0.3, -0.25) is 4.79 Å². The Labute approximate surface area is 98.8 Å². The molecule has 2 N–H and O–H groups in total. The Bertz CT molecular complexity index is 486. The fraction of sp³-hybridized carbons (Fsp3) is 0.462. The van der Waals surface area contributed by atoms with Crippen molar-refractivity contribution in [2.75, 3.05) is 0 Å². The van der Waals surface area contributed by atoms with Crippen LogP contribution in [-0.4, -0.2) is 16.2 Å². The number of phenolic OH excluding ortho intramolecular Hbond substituents is 2. The van der Waals surface area contributed by atoms with Gasteiger partial charge in [-0.25, -0.2) is 0 Å². The number of phenols is 2. The summed E-state index contributed by atoms with van der Waals surface area (Å²) in [6.07, 6.45) is 4.38. The number of aromatic hydroxyl groups is 2. The van der Waals surface area contributed by atoms with Crippen LogP contribution in [-0.2, 0) is 10.2 Å². The zero-order valence-electron chi connectivity index (χ0n) is 9.40. The van der Waals surface area contributed by atoms with Crippen LogP contribution in [0.5, 0.6) is 17.2 Å². The van der Waals surface area contributed by atoms with Gasteiger partial charge in [0, 0.05) is 0 Å². The minimum absolute atomic E-state index is 0.188. The van der Waals surface area contributed by atoms with Crippen LogP contribution in [0.4, 0.5) is 0 Å². The molecule has 1 saturated carbocycles. The molecule has 0 aromatic heterocycles. The summed E-state index contributed by atoms with van der Waals surface area (Å²) in [5.41, 5.74) is -0.238. The lowest BCUT2D eigenvalue weighted by molar-refractivity contribution is -0.139. The maximum Gasteiger partial charge on any atom is 0.322 e. The Balaban J connectivity index is 2.20. The average Bonchev–Trinajstić information content (AvgIpc) is 2.60. The number of benzene rings is 1. The highest BCUT2D eigenvalue weighted by molar-refractivity contribution is 5.92. The van der Waals surface area contributed by atoms with Crippen molar-refractivity contribution in [3.8, 4) is 17.2 Å². The molecule has 0 atom stereocenters. The lowest BCUT2D eigenvalue weighted by Crippen LogP contribution is -2.35. The van der Waals surface area contributed by atoms with Gasteiger partial charge in [0.1, 0.15) is 11.2 Å². The fourth-order valence-corrected chi connectivity index (χ4v) is 3.02. The molecule has 2 aliphatic rings. The molecule has 1 heterocycles. The Morgan fingerprint density at radius 3 is 2.53 bits per heavy atom. The molecule has 1 aliphatic heterocycles. The van der Waals surface area contributed by atoms with E-state index in [1.54, 1.807) is 6.07 Å². The third-order valence-corrected chi connectivity index (χ3v) is 3.90. The topological polar surface area (TPSA) is 66.8 Å². The van der Waals surface area contributed by atoms with Crippen LogP contribution < -0.4 is 4.74 Å². The summed E-state index contributed by atoms with van der Waals surface area (Å²) in [4.78, 5) is 12.1. The van der Waals surface area contributed by atoms with E-state index in [1.165, 1.54) is 6.07 Å². The van der Waals surface area contributed by atoms with Crippen LogP contribution in [0.25, 0.3) is 0 Å². The van der Waals surface area contributed by atoms with Gasteiger partial charge in [0.2, 0.25) is 0 Å². The van der Waals surface area contributed by atoms with Crippen molar-refractivity contribution in [3.63, 3.8) is 0 Å². The highest BCUT2D eigenvalue weighted by atomic mass is 16.5. The number of hydrogen-bond acceptors (Lipinski definition) is 4. The molecule has 0 saturated heterocycles. The van der Waals surface area contributed by atoms with Gasteiger partial charge in [0.25, 0.3) is 0 Å². The highest BCUT2D eigenvalue weighted by Crippen LogP contribution is 2.54. The van der Waals surface area contributed by atoms with E-state index in [0.29, 0.717) is 24.2 Å². The molecule has 3 rings (SSSR count). The maximum absolute atomic E-state index is 12.1. The number of hydrogen-bond donors (Lipinski definition) is 2. The lowest BCUT2D eigenvalue weighted by atomic mass is 9.70. The van der Waals surface area contributed by atoms with E-state index in [4.69, 9.17) is 4.74 Å². The van der Waals surface area contributed by atoms with E-state index in [0.717, 1.165) is 19.3 Å². The van der Waals surface area contributed by atoms with Crippen LogP contribution >= 0.6 is 0 Å². The van der Waals surface area contributed by atoms with Gasteiger partial charge in [-0.2, -0.15) is 0 Å². The van der Waals surface area contributed by atoms with Gasteiger partial charge in [0.15, 0.2) is 11.5 Å². The zero-order chi connectivity index (χ0) is 12.0. The SMILES string of the molecule is O=C1Oc2ccc(O)c(O)c2C12CCCCC2. The number of carbonyl (C=O) groups is 1. The molecule has 0 bridgehead atoms. The first-order valence-electron chi connectivity index (χ1n) is 5.93. The first-order chi connectivity index (χ1) is 8.15. The van der Waals surface area contributed by atoms with E-state index in [-0.39, 0.29) is 17.5 Å². The molecule has 1 aliphatic carbocycles. The number of ether oxygens (including phenoxy) is 1. The van der Waals surface area contributed by atoms with Gasteiger partial charge < -0.3 is 14.9 Å². The number of rotatable bonds is 0. The van der Waals surface area contributed by atoms with Crippen molar-refractivity contribution in [1.82, 2.24) is 0 Å². The average molecular weight is 234 g/mol. The molecule has 1 aromatic carbocycles. The fourth-order valence-electron chi connectivity index (χ4n) is 3.02. The minimum Gasteiger partial charge on any atom is -0.504 e. The summed E-state index contributed by atoms with van der Waals surface area (Å²) in [6, 6.07) is 2.90. The highest BCUT2D eigenvalue weighted by Gasteiger charge is 2.51. The van der Waals surface area contributed by atoms with Gasteiger partial charge in [0.05, 0.1) is 5.56 Å². The van der Waals surface area contributed by atoms with E-state index in [2.05, 4.69) is 0 Å². The normalized spacial score (nSPS) is 21.3. The summed E-state index contributed by atoms with van der Waals surface area (Å²) >= 11 is 0. The van der Waals surface area contributed by atoms with Crippen LogP contribution in [0.2, 0.25) is 0 Å².